The van der Waals surface area contributed by atoms with Crippen LogP contribution in [0.15, 0.2) is 59.0 Å². The van der Waals surface area contributed by atoms with Gasteiger partial charge < -0.3 is 19.2 Å². The van der Waals surface area contributed by atoms with Crippen LogP contribution < -0.4 is 14.8 Å². The number of anilines is 1. The van der Waals surface area contributed by atoms with Gasteiger partial charge in [-0.15, -0.1) is 0 Å². The number of aryl methyl sites for hydroxylation is 2. The number of carbonyl (C=O) groups is 1. The third-order valence-electron chi connectivity index (χ3n) is 5.05. The van der Waals surface area contributed by atoms with Crippen molar-refractivity contribution < 1.29 is 18.7 Å². The van der Waals surface area contributed by atoms with Crippen LogP contribution in [0.25, 0.3) is 11.1 Å². The van der Waals surface area contributed by atoms with E-state index < -0.39 is 0 Å². The second-order valence-corrected chi connectivity index (χ2v) is 7.47. The highest BCUT2D eigenvalue weighted by Crippen LogP contribution is 2.25. The van der Waals surface area contributed by atoms with Gasteiger partial charge in [0, 0.05) is 23.7 Å². The van der Waals surface area contributed by atoms with Crippen LogP contribution in [0.5, 0.6) is 11.5 Å². The summed E-state index contributed by atoms with van der Waals surface area (Å²) in [5.74, 6) is 1.55. The Morgan fingerprint density at radius 2 is 1.65 bits per heavy atom. The fourth-order valence-corrected chi connectivity index (χ4v) is 3.52. The van der Waals surface area contributed by atoms with Crippen molar-refractivity contribution in [3.8, 4) is 11.5 Å². The topological polar surface area (TPSA) is 73.6 Å². The van der Waals surface area contributed by atoms with E-state index in [1.807, 2.05) is 37.3 Å². The molecule has 1 N–H and O–H groups in total. The molecule has 31 heavy (non-hydrogen) atoms. The van der Waals surface area contributed by atoms with Crippen molar-refractivity contribution in [1.82, 2.24) is 4.98 Å². The number of amides is 1. The van der Waals surface area contributed by atoms with Gasteiger partial charge in [-0.25, -0.2) is 4.98 Å². The summed E-state index contributed by atoms with van der Waals surface area (Å²) in [7, 11) is 3.10. The van der Waals surface area contributed by atoms with Crippen LogP contribution >= 0.6 is 0 Å². The van der Waals surface area contributed by atoms with Gasteiger partial charge in [0.2, 0.25) is 0 Å². The first kappa shape index (κ1) is 20.5. The highest BCUT2D eigenvalue weighted by atomic mass is 16.5. The van der Waals surface area contributed by atoms with Crippen molar-refractivity contribution in [2.75, 3.05) is 19.5 Å². The molecule has 0 aliphatic carbocycles. The summed E-state index contributed by atoms with van der Waals surface area (Å²) in [6.07, 6.45) is 0.578. The van der Waals surface area contributed by atoms with E-state index in [9.17, 15) is 4.79 Å². The lowest BCUT2D eigenvalue weighted by atomic mass is 10.1. The number of carbonyl (C=O) groups excluding carboxylic acids is 1. The maximum Gasteiger partial charge on any atom is 0.255 e. The predicted molar refractivity (Wildman–Crippen MR) is 120 cm³/mol. The van der Waals surface area contributed by atoms with E-state index in [-0.39, 0.29) is 5.91 Å². The third kappa shape index (κ3) is 4.53. The second kappa shape index (κ2) is 8.52. The summed E-state index contributed by atoms with van der Waals surface area (Å²) in [6, 6.07) is 16.8. The van der Waals surface area contributed by atoms with Crippen molar-refractivity contribution in [3.05, 3.63) is 82.7 Å². The van der Waals surface area contributed by atoms with Crippen LogP contribution in [-0.2, 0) is 6.42 Å². The summed E-state index contributed by atoms with van der Waals surface area (Å²) < 4.78 is 16.4. The average Bonchev–Trinajstić information content (AvgIpc) is 3.17. The molecule has 4 rings (SSSR count). The predicted octanol–water partition coefficient (Wildman–Crippen LogP) is 5.30. The quantitative estimate of drug-likeness (QED) is 0.461. The van der Waals surface area contributed by atoms with E-state index in [0.29, 0.717) is 35.1 Å². The lowest BCUT2D eigenvalue weighted by Crippen LogP contribution is -2.12. The Morgan fingerprint density at radius 1 is 0.968 bits per heavy atom. The Hall–Kier alpha value is -3.80. The number of aromatic nitrogens is 1. The van der Waals surface area contributed by atoms with E-state index >= 15 is 0 Å². The molecule has 0 unspecified atom stereocenters. The lowest BCUT2D eigenvalue weighted by Gasteiger charge is -2.09. The molecule has 0 fully saturated rings. The number of ether oxygens (including phenoxy) is 2. The summed E-state index contributed by atoms with van der Waals surface area (Å²) in [6.45, 7) is 4.08. The molecule has 0 bridgehead atoms. The summed E-state index contributed by atoms with van der Waals surface area (Å²) in [4.78, 5) is 17.3. The van der Waals surface area contributed by atoms with E-state index in [1.54, 1.807) is 32.4 Å². The molecular formula is C25H24N2O4. The van der Waals surface area contributed by atoms with Gasteiger partial charge >= 0.3 is 0 Å². The maximum atomic E-state index is 12.6. The van der Waals surface area contributed by atoms with Crippen LogP contribution in [0.4, 0.5) is 5.69 Å². The zero-order chi connectivity index (χ0) is 22.0. The standard InChI is InChI=1S/C25H24N2O4/c1-15-9-16(2)24-22(10-15)27-23(31-24)11-17-5-7-19(8-6-17)26-25(28)18-12-20(29-3)14-21(13-18)30-4/h5-10,12-14H,11H2,1-4H3,(H,26,28). The van der Waals surface area contributed by atoms with Crippen LogP contribution in [0.3, 0.4) is 0 Å². The van der Waals surface area contributed by atoms with Gasteiger partial charge in [0.25, 0.3) is 5.91 Å². The first-order chi connectivity index (χ1) is 14.9. The SMILES string of the molecule is COc1cc(OC)cc(C(=O)Nc2ccc(Cc3nc4cc(C)cc(C)c4o3)cc2)c1. The number of nitrogens with one attached hydrogen (secondary N) is 1. The first-order valence-electron chi connectivity index (χ1n) is 9.95. The zero-order valence-electron chi connectivity index (χ0n) is 18.0. The smallest absolute Gasteiger partial charge is 0.255 e. The Bertz CT molecular complexity index is 1220. The molecule has 0 saturated heterocycles. The molecule has 0 atom stereocenters. The largest absolute Gasteiger partial charge is 0.497 e. The van der Waals surface area contributed by atoms with E-state index in [0.717, 1.165) is 22.2 Å². The molecule has 1 heterocycles. The minimum absolute atomic E-state index is 0.241. The van der Waals surface area contributed by atoms with Crippen LogP contribution in [0, 0.1) is 13.8 Å². The summed E-state index contributed by atoms with van der Waals surface area (Å²) in [5.41, 5.74) is 6.15. The van der Waals surface area contributed by atoms with Gasteiger partial charge in [-0.1, -0.05) is 18.2 Å². The number of nitrogens with zero attached hydrogens (tertiary/aromatic N) is 1. The number of hydrogen-bond donors (Lipinski definition) is 1. The molecule has 3 aromatic carbocycles. The third-order valence-corrected chi connectivity index (χ3v) is 5.05. The molecule has 1 aromatic heterocycles. The van der Waals surface area contributed by atoms with E-state index in [1.165, 1.54) is 5.56 Å². The molecular weight excluding hydrogens is 392 g/mol. The fourth-order valence-electron chi connectivity index (χ4n) is 3.52. The van der Waals surface area contributed by atoms with Crippen LogP contribution in [0.2, 0.25) is 0 Å². The van der Waals surface area contributed by atoms with Crippen molar-refractivity contribution >= 4 is 22.7 Å². The number of hydrogen-bond acceptors (Lipinski definition) is 5. The summed E-state index contributed by atoms with van der Waals surface area (Å²) in [5, 5.41) is 2.90. The van der Waals surface area contributed by atoms with Gasteiger partial charge in [-0.2, -0.15) is 0 Å². The van der Waals surface area contributed by atoms with Crippen molar-refractivity contribution in [2.24, 2.45) is 0 Å². The van der Waals surface area contributed by atoms with Gasteiger partial charge in [0.1, 0.15) is 17.0 Å². The monoisotopic (exact) mass is 416 g/mol. The van der Waals surface area contributed by atoms with Gasteiger partial charge in [0.15, 0.2) is 11.5 Å². The second-order valence-electron chi connectivity index (χ2n) is 7.47. The maximum absolute atomic E-state index is 12.6. The highest BCUT2D eigenvalue weighted by molar-refractivity contribution is 6.04. The van der Waals surface area contributed by atoms with Crippen molar-refractivity contribution in [2.45, 2.75) is 20.3 Å². The molecule has 0 spiro atoms. The number of oxazole rings is 1. The van der Waals surface area contributed by atoms with Gasteiger partial charge in [-0.05, 0) is 60.9 Å². The molecule has 158 valence electrons. The molecule has 0 radical (unpaired) electrons. The summed E-state index contributed by atoms with van der Waals surface area (Å²) >= 11 is 0. The highest BCUT2D eigenvalue weighted by Gasteiger charge is 2.12. The molecule has 6 nitrogen and oxygen atoms in total. The van der Waals surface area contributed by atoms with Crippen LogP contribution in [-0.4, -0.2) is 25.1 Å². The number of fused-ring (bicyclic) bond motifs is 1. The number of rotatable bonds is 6. The molecule has 0 saturated carbocycles. The number of benzene rings is 3. The Balaban J connectivity index is 1.47. The minimum Gasteiger partial charge on any atom is -0.497 e. The molecule has 1 amide bonds. The molecule has 6 heteroatoms. The first-order valence-corrected chi connectivity index (χ1v) is 9.95. The van der Waals surface area contributed by atoms with Gasteiger partial charge in [-0.3, -0.25) is 4.79 Å². The Morgan fingerprint density at radius 3 is 2.29 bits per heavy atom. The Labute approximate surface area is 180 Å². The van der Waals surface area contributed by atoms with Crippen molar-refractivity contribution in [3.63, 3.8) is 0 Å². The lowest BCUT2D eigenvalue weighted by molar-refractivity contribution is 0.102. The normalized spacial score (nSPS) is 10.8. The molecule has 0 aliphatic heterocycles. The fraction of sp³-hybridized carbons (Fsp3) is 0.200. The van der Waals surface area contributed by atoms with E-state index in [4.69, 9.17) is 13.9 Å². The van der Waals surface area contributed by atoms with E-state index in [2.05, 4.69) is 23.3 Å². The van der Waals surface area contributed by atoms with Crippen molar-refractivity contribution in [1.29, 1.82) is 0 Å². The molecule has 0 aliphatic rings. The zero-order valence-corrected chi connectivity index (χ0v) is 18.0. The number of methoxy groups -OCH3 is 2. The van der Waals surface area contributed by atoms with Crippen LogP contribution in [0.1, 0.15) is 32.9 Å². The molecule has 4 aromatic rings. The Kier molecular flexibility index (Phi) is 5.62. The van der Waals surface area contributed by atoms with Gasteiger partial charge in [0.05, 0.1) is 14.2 Å². The average molecular weight is 416 g/mol. The minimum atomic E-state index is -0.241.